The number of phosphoric acid groups is 2. The first-order valence-corrected chi connectivity index (χ1v) is 37.7. The summed E-state index contributed by atoms with van der Waals surface area (Å²) in [7, 11) is -9.90. The molecule has 0 aromatic rings. The predicted octanol–water partition coefficient (Wildman–Crippen LogP) is 18.5. The Morgan fingerprint density at radius 2 is 0.558 bits per heavy atom. The standard InChI is InChI=1S/C67H130O17P2/c1-9-60(8)46-38-30-25-26-34-42-50-67(72)84-63(54-78-65(70)48-40-32-24-18-21-29-37-45-59(6)7)56-82-86(75,76)80-52-61(68)51-79-85(73,74)81-55-62(53-77-64(69)47-39-31-22-17-16-20-28-36-44-58(4)5)83-66(71)49-41-33-23-15-13-11-10-12-14-19-27-35-43-57(2)3/h57-63,68H,9-56H2,1-8H3,(H,73,74)(H,75,76)/t60?,61?,62-,63-/m1/s1. The third-order valence-corrected chi connectivity index (χ3v) is 17.6. The fourth-order valence-electron chi connectivity index (χ4n) is 9.93. The number of carbonyl (C=O) groups excluding carboxylic acids is 4. The molecule has 0 aliphatic carbocycles. The summed E-state index contributed by atoms with van der Waals surface area (Å²) in [4.78, 5) is 72.3. The summed E-state index contributed by atoms with van der Waals surface area (Å²) >= 11 is 0. The third kappa shape index (κ3) is 59.7. The molecule has 3 N–H and O–H groups in total. The highest BCUT2D eigenvalue weighted by molar-refractivity contribution is 7.47. The Balaban J connectivity index is 5.25. The van der Waals surface area contributed by atoms with E-state index >= 15 is 0 Å². The van der Waals surface area contributed by atoms with Gasteiger partial charge in [0, 0.05) is 25.7 Å². The third-order valence-electron chi connectivity index (χ3n) is 15.7. The van der Waals surface area contributed by atoms with Gasteiger partial charge in [0.2, 0.25) is 0 Å². The second-order valence-corrected chi connectivity index (χ2v) is 28.8. The van der Waals surface area contributed by atoms with Crippen LogP contribution < -0.4 is 0 Å². The zero-order valence-corrected chi connectivity index (χ0v) is 57.7. The van der Waals surface area contributed by atoms with Crippen LogP contribution in [0.5, 0.6) is 0 Å². The molecule has 0 aromatic carbocycles. The normalized spacial score (nSPS) is 14.7. The van der Waals surface area contributed by atoms with Crippen LogP contribution in [-0.2, 0) is 65.4 Å². The largest absolute Gasteiger partial charge is 0.472 e. The Hall–Kier alpha value is -1.94. The minimum absolute atomic E-state index is 0.102. The Morgan fingerprint density at radius 1 is 0.326 bits per heavy atom. The molecular formula is C67H130O17P2. The number of phosphoric ester groups is 2. The SMILES string of the molecule is CCC(C)CCCCCCCCC(=O)O[C@H](COC(=O)CCCCCCCCCC(C)C)COP(=O)(O)OCC(O)COP(=O)(O)OC[C@@H](COC(=O)CCCCCCCCCCC(C)C)OC(=O)CCCCCCCCCCCCCCC(C)C. The van der Waals surface area contributed by atoms with Crippen LogP contribution in [0.15, 0.2) is 0 Å². The van der Waals surface area contributed by atoms with E-state index in [0.717, 1.165) is 114 Å². The summed E-state index contributed by atoms with van der Waals surface area (Å²) in [5, 5.41) is 10.6. The van der Waals surface area contributed by atoms with Crippen molar-refractivity contribution < 1.29 is 80.2 Å². The van der Waals surface area contributed by atoms with Crippen LogP contribution in [-0.4, -0.2) is 96.7 Å². The molecular weight excluding hydrogens is 1140 g/mol. The van der Waals surface area contributed by atoms with Gasteiger partial charge in [-0.1, -0.05) is 274 Å². The van der Waals surface area contributed by atoms with Crippen LogP contribution >= 0.6 is 15.6 Å². The van der Waals surface area contributed by atoms with Crippen molar-refractivity contribution in [2.45, 2.75) is 343 Å². The molecule has 0 aliphatic rings. The van der Waals surface area contributed by atoms with E-state index in [1.807, 2.05) is 0 Å². The zero-order chi connectivity index (χ0) is 63.9. The fourth-order valence-corrected chi connectivity index (χ4v) is 11.5. The lowest BCUT2D eigenvalue weighted by Crippen LogP contribution is -2.30. The van der Waals surface area contributed by atoms with Gasteiger partial charge in [0.05, 0.1) is 26.4 Å². The van der Waals surface area contributed by atoms with E-state index in [-0.39, 0.29) is 25.7 Å². The first-order valence-electron chi connectivity index (χ1n) is 34.7. The van der Waals surface area contributed by atoms with Gasteiger partial charge in [0.1, 0.15) is 19.3 Å². The van der Waals surface area contributed by atoms with Gasteiger partial charge in [-0.05, 0) is 49.4 Å². The molecule has 0 aliphatic heterocycles. The molecule has 0 saturated heterocycles. The van der Waals surface area contributed by atoms with Gasteiger partial charge in [0.25, 0.3) is 0 Å². The van der Waals surface area contributed by atoms with E-state index in [0.29, 0.717) is 31.6 Å². The van der Waals surface area contributed by atoms with Crippen molar-refractivity contribution in [2.75, 3.05) is 39.6 Å². The Labute approximate surface area is 524 Å². The van der Waals surface area contributed by atoms with Crippen LogP contribution in [0.25, 0.3) is 0 Å². The smallest absolute Gasteiger partial charge is 0.462 e. The summed E-state index contributed by atoms with van der Waals surface area (Å²) in [6, 6.07) is 0. The van der Waals surface area contributed by atoms with E-state index in [9.17, 15) is 43.2 Å². The highest BCUT2D eigenvalue weighted by Crippen LogP contribution is 2.45. The molecule has 17 nitrogen and oxygen atoms in total. The topological polar surface area (TPSA) is 237 Å². The van der Waals surface area contributed by atoms with Crippen LogP contribution in [0, 0.1) is 23.7 Å². The molecule has 0 amide bonds. The Morgan fingerprint density at radius 3 is 0.826 bits per heavy atom. The van der Waals surface area contributed by atoms with Gasteiger partial charge in [-0.2, -0.15) is 0 Å². The predicted molar refractivity (Wildman–Crippen MR) is 344 cm³/mol. The van der Waals surface area contributed by atoms with Crippen molar-refractivity contribution in [1.29, 1.82) is 0 Å². The Bertz CT molecular complexity index is 1720. The van der Waals surface area contributed by atoms with Gasteiger partial charge in [0.15, 0.2) is 12.2 Å². The van der Waals surface area contributed by atoms with Gasteiger partial charge < -0.3 is 33.8 Å². The summed E-state index contributed by atoms with van der Waals surface area (Å²) in [6.07, 6.45) is 37.7. The second-order valence-electron chi connectivity index (χ2n) is 25.9. The molecule has 0 rings (SSSR count). The number of aliphatic hydroxyl groups is 1. The van der Waals surface area contributed by atoms with Gasteiger partial charge in [-0.25, -0.2) is 9.13 Å². The molecule has 0 radical (unpaired) electrons. The molecule has 510 valence electrons. The minimum Gasteiger partial charge on any atom is -0.462 e. The number of rotatable bonds is 64. The summed E-state index contributed by atoms with van der Waals surface area (Å²) < 4.78 is 68.1. The average molecular weight is 1270 g/mol. The molecule has 0 spiro atoms. The van der Waals surface area contributed by atoms with E-state index in [1.165, 1.54) is 122 Å². The maximum Gasteiger partial charge on any atom is 0.472 e. The van der Waals surface area contributed by atoms with Gasteiger partial charge in [-0.15, -0.1) is 0 Å². The number of aliphatic hydroxyl groups excluding tert-OH is 1. The van der Waals surface area contributed by atoms with Crippen molar-refractivity contribution in [3.05, 3.63) is 0 Å². The molecule has 0 heterocycles. The molecule has 0 saturated carbocycles. The van der Waals surface area contributed by atoms with Crippen LogP contribution in [0.3, 0.4) is 0 Å². The Kier molecular flexibility index (Phi) is 55.7. The molecule has 6 atom stereocenters. The van der Waals surface area contributed by atoms with E-state index in [2.05, 4.69) is 55.4 Å². The van der Waals surface area contributed by atoms with E-state index in [1.54, 1.807) is 0 Å². The lowest BCUT2D eigenvalue weighted by molar-refractivity contribution is -0.161. The highest BCUT2D eigenvalue weighted by Gasteiger charge is 2.30. The number of ether oxygens (including phenoxy) is 4. The second kappa shape index (κ2) is 57.0. The molecule has 4 unspecified atom stereocenters. The maximum absolute atomic E-state index is 13.0. The summed E-state index contributed by atoms with van der Waals surface area (Å²) in [5.74, 6) is 0.791. The summed E-state index contributed by atoms with van der Waals surface area (Å²) in [5.41, 5.74) is 0. The van der Waals surface area contributed by atoms with Crippen LogP contribution in [0.1, 0.15) is 325 Å². The lowest BCUT2D eigenvalue weighted by atomic mass is 10.00. The molecule has 86 heavy (non-hydrogen) atoms. The minimum atomic E-state index is -4.95. The van der Waals surface area contributed by atoms with Crippen molar-refractivity contribution >= 4 is 39.5 Å². The van der Waals surface area contributed by atoms with Crippen LogP contribution in [0.2, 0.25) is 0 Å². The molecule has 0 aromatic heterocycles. The highest BCUT2D eigenvalue weighted by atomic mass is 31.2. The number of hydrogen-bond donors (Lipinski definition) is 3. The van der Waals surface area contributed by atoms with Gasteiger partial charge in [-0.3, -0.25) is 37.3 Å². The summed E-state index contributed by atoms with van der Waals surface area (Å²) in [6.45, 7) is 14.0. The fraction of sp³-hybridized carbons (Fsp3) is 0.940. The maximum atomic E-state index is 13.0. The van der Waals surface area contributed by atoms with Crippen molar-refractivity contribution in [3.63, 3.8) is 0 Å². The van der Waals surface area contributed by atoms with Crippen molar-refractivity contribution in [3.8, 4) is 0 Å². The average Bonchev–Trinajstić information content (AvgIpc) is 3.68. The number of unbranched alkanes of at least 4 members (excludes halogenated alkanes) is 29. The monoisotopic (exact) mass is 1270 g/mol. The zero-order valence-electron chi connectivity index (χ0n) is 55.9. The quantitative estimate of drug-likeness (QED) is 0.0222. The van der Waals surface area contributed by atoms with Crippen molar-refractivity contribution in [1.82, 2.24) is 0 Å². The van der Waals surface area contributed by atoms with Crippen molar-refractivity contribution in [2.24, 2.45) is 23.7 Å². The van der Waals surface area contributed by atoms with Gasteiger partial charge >= 0.3 is 39.5 Å². The van der Waals surface area contributed by atoms with Crippen LogP contribution in [0.4, 0.5) is 0 Å². The molecule has 0 fully saturated rings. The first-order chi connectivity index (χ1) is 41.1. The molecule has 0 bridgehead atoms. The molecule has 19 heteroatoms. The lowest BCUT2D eigenvalue weighted by Gasteiger charge is -2.21. The van der Waals surface area contributed by atoms with E-state index in [4.69, 9.17) is 37.0 Å². The first kappa shape index (κ1) is 84.1. The number of esters is 4. The number of carbonyl (C=O) groups is 4. The number of hydrogen-bond acceptors (Lipinski definition) is 15. The van der Waals surface area contributed by atoms with E-state index < -0.39 is 97.5 Å².